The van der Waals surface area contributed by atoms with E-state index in [4.69, 9.17) is 9.72 Å². The van der Waals surface area contributed by atoms with Crippen molar-refractivity contribution >= 4 is 23.8 Å². The molecule has 4 rings (SSSR count). The molecule has 1 aliphatic heterocycles. The highest BCUT2D eigenvalue weighted by Gasteiger charge is 2.27. The third kappa shape index (κ3) is 4.88. The van der Waals surface area contributed by atoms with Crippen LogP contribution in [-0.4, -0.2) is 68.6 Å². The number of carbonyl (C=O) groups is 2. The molecule has 1 saturated carbocycles. The number of ether oxygens (including phenoxy) is 1. The van der Waals surface area contributed by atoms with E-state index in [9.17, 15) is 9.59 Å². The molecule has 2 aromatic rings. The SMILES string of the molecule is COCCN(C=O)c1ccc(C(=O)N2CCN(c3ncc(C4CC4)cc3C)CC2)cc1. The van der Waals surface area contributed by atoms with Gasteiger partial charge in [0.05, 0.1) is 6.61 Å². The van der Waals surface area contributed by atoms with E-state index in [1.54, 1.807) is 24.1 Å². The number of hydrogen-bond acceptors (Lipinski definition) is 5. The van der Waals surface area contributed by atoms with Crippen LogP contribution in [-0.2, 0) is 9.53 Å². The third-order valence-electron chi connectivity index (χ3n) is 6.10. The van der Waals surface area contributed by atoms with Crippen molar-refractivity contribution in [2.45, 2.75) is 25.7 Å². The van der Waals surface area contributed by atoms with Crippen molar-refractivity contribution in [3.05, 3.63) is 53.2 Å². The van der Waals surface area contributed by atoms with Crippen molar-refractivity contribution in [2.24, 2.45) is 0 Å². The Balaban J connectivity index is 1.35. The molecule has 1 saturated heterocycles. The van der Waals surface area contributed by atoms with Gasteiger partial charge in [-0.3, -0.25) is 9.59 Å². The van der Waals surface area contributed by atoms with Crippen LogP contribution in [0, 0.1) is 6.92 Å². The van der Waals surface area contributed by atoms with Crippen LogP contribution < -0.4 is 9.80 Å². The quantitative estimate of drug-likeness (QED) is 0.612. The largest absolute Gasteiger partial charge is 0.383 e. The summed E-state index contributed by atoms with van der Waals surface area (Å²) in [7, 11) is 1.60. The molecule has 164 valence electrons. The number of piperazine rings is 1. The number of benzene rings is 1. The number of nitrogens with zero attached hydrogens (tertiary/aromatic N) is 4. The maximum atomic E-state index is 12.9. The fraction of sp³-hybridized carbons (Fsp3) is 0.458. The third-order valence-corrected chi connectivity index (χ3v) is 6.10. The van der Waals surface area contributed by atoms with Gasteiger partial charge >= 0.3 is 0 Å². The highest BCUT2D eigenvalue weighted by molar-refractivity contribution is 5.95. The summed E-state index contributed by atoms with van der Waals surface area (Å²) in [4.78, 5) is 34.7. The van der Waals surface area contributed by atoms with E-state index in [2.05, 4.69) is 17.9 Å². The van der Waals surface area contributed by atoms with E-state index in [1.165, 1.54) is 24.0 Å². The number of aromatic nitrogens is 1. The van der Waals surface area contributed by atoms with Crippen LogP contribution >= 0.6 is 0 Å². The summed E-state index contributed by atoms with van der Waals surface area (Å²) in [5.74, 6) is 1.76. The summed E-state index contributed by atoms with van der Waals surface area (Å²) in [5.41, 5.74) is 3.96. The molecule has 7 heteroatoms. The first-order valence-electron chi connectivity index (χ1n) is 10.9. The first kappa shape index (κ1) is 21.3. The number of carbonyl (C=O) groups excluding carboxylic acids is 2. The number of rotatable bonds is 8. The van der Waals surface area contributed by atoms with Crippen LogP contribution in [0.3, 0.4) is 0 Å². The molecule has 0 unspecified atom stereocenters. The van der Waals surface area contributed by atoms with Crippen molar-refractivity contribution in [2.75, 3.05) is 56.2 Å². The van der Waals surface area contributed by atoms with Crippen molar-refractivity contribution in [3.63, 3.8) is 0 Å². The Labute approximate surface area is 183 Å². The second kappa shape index (κ2) is 9.47. The Morgan fingerprint density at radius 1 is 1.19 bits per heavy atom. The molecular weight excluding hydrogens is 392 g/mol. The minimum absolute atomic E-state index is 0.0227. The van der Waals surface area contributed by atoms with E-state index in [-0.39, 0.29) is 5.91 Å². The minimum atomic E-state index is 0.0227. The number of methoxy groups -OCH3 is 1. The molecule has 31 heavy (non-hydrogen) atoms. The van der Waals surface area contributed by atoms with Crippen LogP contribution in [0.25, 0.3) is 0 Å². The van der Waals surface area contributed by atoms with Crippen LogP contribution in [0.1, 0.15) is 40.2 Å². The predicted molar refractivity (Wildman–Crippen MR) is 121 cm³/mol. The average Bonchev–Trinajstić information content (AvgIpc) is 3.65. The average molecular weight is 423 g/mol. The maximum Gasteiger partial charge on any atom is 0.253 e. The summed E-state index contributed by atoms with van der Waals surface area (Å²) in [6.45, 7) is 5.95. The predicted octanol–water partition coefficient (Wildman–Crippen LogP) is 2.84. The van der Waals surface area contributed by atoms with E-state index >= 15 is 0 Å². The van der Waals surface area contributed by atoms with Gasteiger partial charge in [0.25, 0.3) is 5.91 Å². The second-order valence-corrected chi connectivity index (χ2v) is 8.30. The number of hydrogen-bond donors (Lipinski definition) is 0. The zero-order valence-electron chi connectivity index (χ0n) is 18.3. The Morgan fingerprint density at radius 2 is 1.90 bits per heavy atom. The summed E-state index contributed by atoms with van der Waals surface area (Å²) in [6.07, 6.45) is 5.36. The molecule has 7 nitrogen and oxygen atoms in total. The Bertz CT molecular complexity index is 919. The van der Waals surface area contributed by atoms with Crippen molar-refractivity contribution in [1.82, 2.24) is 9.88 Å². The fourth-order valence-electron chi connectivity index (χ4n) is 4.09. The zero-order chi connectivity index (χ0) is 21.8. The Morgan fingerprint density at radius 3 is 2.48 bits per heavy atom. The molecule has 1 aliphatic carbocycles. The summed E-state index contributed by atoms with van der Waals surface area (Å²) in [6, 6.07) is 9.46. The van der Waals surface area contributed by atoms with E-state index in [0.717, 1.165) is 31.0 Å². The Kier molecular flexibility index (Phi) is 6.51. The minimum Gasteiger partial charge on any atom is -0.383 e. The van der Waals surface area contributed by atoms with Crippen LogP contribution in [0.4, 0.5) is 11.5 Å². The molecule has 0 N–H and O–H groups in total. The lowest BCUT2D eigenvalue weighted by molar-refractivity contribution is -0.107. The van der Waals surface area contributed by atoms with Gasteiger partial charge in [0.2, 0.25) is 6.41 Å². The standard InChI is InChI=1S/C24H30N4O3/c1-18-15-21(19-3-4-19)16-25-23(18)26-9-11-27(12-10-26)24(30)20-5-7-22(8-6-20)28(17-29)13-14-31-2/h5-8,15-17,19H,3-4,9-14H2,1-2H3. The molecule has 0 spiro atoms. The molecular formula is C24H30N4O3. The first-order chi connectivity index (χ1) is 15.1. The van der Waals surface area contributed by atoms with E-state index in [1.807, 2.05) is 23.2 Å². The lowest BCUT2D eigenvalue weighted by Crippen LogP contribution is -2.49. The van der Waals surface area contributed by atoms with Gasteiger partial charge in [-0.1, -0.05) is 6.07 Å². The van der Waals surface area contributed by atoms with Crippen LogP contribution in [0.5, 0.6) is 0 Å². The summed E-state index contributed by atoms with van der Waals surface area (Å²) >= 11 is 0. The topological polar surface area (TPSA) is 66.0 Å². The highest BCUT2D eigenvalue weighted by atomic mass is 16.5. The number of amides is 2. The summed E-state index contributed by atoms with van der Waals surface area (Å²) < 4.78 is 5.03. The van der Waals surface area contributed by atoms with Gasteiger partial charge in [-0.15, -0.1) is 0 Å². The molecule has 2 heterocycles. The number of pyridine rings is 1. The number of anilines is 2. The zero-order valence-corrected chi connectivity index (χ0v) is 18.3. The van der Waals surface area contributed by atoms with Crippen molar-refractivity contribution < 1.29 is 14.3 Å². The fourth-order valence-corrected chi connectivity index (χ4v) is 4.09. The molecule has 1 aromatic heterocycles. The van der Waals surface area contributed by atoms with Gasteiger partial charge < -0.3 is 19.4 Å². The second-order valence-electron chi connectivity index (χ2n) is 8.30. The molecule has 0 atom stereocenters. The van der Waals surface area contributed by atoms with Gasteiger partial charge in [0.15, 0.2) is 0 Å². The monoisotopic (exact) mass is 422 g/mol. The van der Waals surface area contributed by atoms with Gasteiger partial charge in [0, 0.05) is 57.3 Å². The van der Waals surface area contributed by atoms with Crippen LogP contribution in [0.15, 0.2) is 36.5 Å². The van der Waals surface area contributed by atoms with Crippen LogP contribution in [0.2, 0.25) is 0 Å². The molecule has 0 bridgehead atoms. The van der Waals surface area contributed by atoms with Gasteiger partial charge in [-0.2, -0.15) is 0 Å². The molecule has 2 fully saturated rings. The van der Waals surface area contributed by atoms with Gasteiger partial charge in [0.1, 0.15) is 5.82 Å². The lowest BCUT2D eigenvalue weighted by atomic mass is 10.1. The van der Waals surface area contributed by atoms with Gasteiger partial charge in [-0.25, -0.2) is 4.98 Å². The van der Waals surface area contributed by atoms with E-state index < -0.39 is 0 Å². The van der Waals surface area contributed by atoms with Gasteiger partial charge in [-0.05, 0) is 61.1 Å². The smallest absolute Gasteiger partial charge is 0.253 e. The lowest BCUT2D eigenvalue weighted by Gasteiger charge is -2.36. The molecule has 2 amide bonds. The molecule has 1 aromatic carbocycles. The molecule has 2 aliphatic rings. The normalized spacial score (nSPS) is 16.3. The maximum absolute atomic E-state index is 12.9. The Hall–Kier alpha value is -2.93. The molecule has 0 radical (unpaired) electrons. The van der Waals surface area contributed by atoms with E-state index in [0.29, 0.717) is 37.7 Å². The van der Waals surface area contributed by atoms with Crippen molar-refractivity contribution in [1.29, 1.82) is 0 Å². The van der Waals surface area contributed by atoms with Crippen molar-refractivity contribution in [3.8, 4) is 0 Å². The summed E-state index contributed by atoms with van der Waals surface area (Å²) in [5, 5.41) is 0. The first-order valence-corrected chi connectivity index (χ1v) is 10.9. The highest BCUT2D eigenvalue weighted by Crippen LogP contribution is 2.40. The number of aryl methyl sites for hydroxylation is 1.